The van der Waals surface area contributed by atoms with E-state index in [2.05, 4.69) is 0 Å². The van der Waals surface area contributed by atoms with E-state index in [1.54, 1.807) is 35.6 Å². The van der Waals surface area contributed by atoms with E-state index in [0.29, 0.717) is 42.4 Å². The molecule has 1 aromatic heterocycles. The number of hydrogen-bond acceptors (Lipinski definition) is 3. The quantitative estimate of drug-likeness (QED) is 0.285. The van der Waals surface area contributed by atoms with Crippen LogP contribution in [0.1, 0.15) is 48.6 Å². The SMILES string of the molecule is CC1=CC(=C(c2ccc(C(=C3C=C(C)C(=O)C(C)=C3)c3ccc(Cl)cc3Cl)s2)c2ccc(Cl)cc2Cl)C=C(C)C1=O. The van der Waals surface area contributed by atoms with Crippen LogP contribution in [0.4, 0.5) is 0 Å². The number of benzene rings is 2. The van der Waals surface area contributed by atoms with E-state index in [4.69, 9.17) is 46.4 Å². The Labute approximate surface area is 263 Å². The van der Waals surface area contributed by atoms with E-state index >= 15 is 0 Å². The second-order valence-electron chi connectivity index (χ2n) is 10.0. The molecule has 0 saturated heterocycles. The highest BCUT2D eigenvalue weighted by Gasteiger charge is 2.24. The molecular weight excluding hydrogens is 614 g/mol. The van der Waals surface area contributed by atoms with Crippen LogP contribution in [0.3, 0.4) is 0 Å². The van der Waals surface area contributed by atoms with Crippen LogP contribution in [-0.2, 0) is 9.59 Å². The van der Waals surface area contributed by atoms with Crippen LogP contribution in [0.2, 0.25) is 20.1 Å². The average Bonchev–Trinajstić information content (AvgIpc) is 3.37. The molecule has 3 aromatic rings. The molecule has 2 aromatic carbocycles. The van der Waals surface area contributed by atoms with Gasteiger partial charge in [0, 0.05) is 52.1 Å². The van der Waals surface area contributed by atoms with Gasteiger partial charge in [-0.25, -0.2) is 0 Å². The zero-order valence-electron chi connectivity index (χ0n) is 22.7. The molecule has 0 aliphatic heterocycles. The molecule has 0 fully saturated rings. The molecule has 2 aliphatic carbocycles. The lowest BCUT2D eigenvalue weighted by Crippen LogP contribution is -2.07. The first-order chi connectivity index (χ1) is 19.4. The molecule has 0 radical (unpaired) electrons. The van der Waals surface area contributed by atoms with Crippen molar-refractivity contribution in [2.24, 2.45) is 0 Å². The topological polar surface area (TPSA) is 34.1 Å². The van der Waals surface area contributed by atoms with Gasteiger partial charge in [-0.3, -0.25) is 9.59 Å². The third-order valence-corrected chi connectivity index (χ3v) is 9.21. The van der Waals surface area contributed by atoms with Crippen LogP contribution in [0.25, 0.3) is 11.1 Å². The number of rotatable bonds is 4. The average molecular weight is 638 g/mol. The molecule has 0 amide bonds. The van der Waals surface area contributed by atoms with Gasteiger partial charge in [0.15, 0.2) is 11.6 Å². The van der Waals surface area contributed by atoms with Crippen LogP contribution in [0.5, 0.6) is 0 Å². The molecule has 206 valence electrons. The molecule has 0 spiro atoms. The standard InChI is InChI=1S/C34H24Cl4O2S/c1-17-11-21(12-18(2)33(17)39)31(25-7-5-23(35)15-27(25)37)29-9-10-30(41-29)32(26-8-6-24(36)16-28(26)38)22-13-19(3)34(40)20(4)14-22/h5-16H,1-4H3. The molecule has 0 atom stereocenters. The summed E-state index contributed by atoms with van der Waals surface area (Å²) in [5, 5.41) is 2.08. The molecular formula is C34H24Cl4O2S. The van der Waals surface area contributed by atoms with Crippen LogP contribution >= 0.6 is 57.7 Å². The Morgan fingerprint density at radius 3 is 1.20 bits per heavy atom. The second kappa shape index (κ2) is 11.8. The summed E-state index contributed by atoms with van der Waals surface area (Å²) in [6.07, 6.45) is 7.59. The van der Waals surface area contributed by atoms with E-state index in [1.807, 2.05) is 76.3 Å². The van der Waals surface area contributed by atoms with E-state index in [1.165, 1.54) is 0 Å². The summed E-state index contributed by atoms with van der Waals surface area (Å²) >= 11 is 27.6. The number of allylic oxidation sites excluding steroid dienone is 10. The van der Waals surface area contributed by atoms with E-state index in [-0.39, 0.29) is 11.6 Å². The molecule has 0 unspecified atom stereocenters. The summed E-state index contributed by atoms with van der Waals surface area (Å²) in [7, 11) is 0. The van der Waals surface area contributed by atoms with Crippen molar-refractivity contribution in [3.05, 3.63) is 147 Å². The maximum Gasteiger partial charge on any atom is 0.184 e. The molecule has 2 nitrogen and oxygen atoms in total. The van der Waals surface area contributed by atoms with Gasteiger partial charge in [0.2, 0.25) is 0 Å². The number of thiophene rings is 1. The molecule has 0 bridgehead atoms. The highest BCUT2D eigenvalue weighted by Crippen LogP contribution is 2.44. The minimum absolute atomic E-state index is 0.0164. The highest BCUT2D eigenvalue weighted by molar-refractivity contribution is 7.14. The molecule has 1 heterocycles. The van der Waals surface area contributed by atoms with Crippen LogP contribution < -0.4 is 0 Å². The predicted octanol–water partition coefficient (Wildman–Crippen LogP) is 10.9. The zero-order chi connectivity index (χ0) is 29.6. The maximum atomic E-state index is 12.6. The number of halogens is 4. The smallest absolute Gasteiger partial charge is 0.184 e. The van der Waals surface area contributed by atoms with E-state index in [0.717, 1.165) is 43.2 Å². The first-order valence-corrected chi connectivity index (χ1v) is 15.1. The van der Waals surface area contributed by atoms with Crippen molar-refractivity contribution in [3.8, 4) is 0 Å². The molecule has 5 rings (SSSR count). The lowest BCUT2D eigenvalue weighted by Gasteiger charge is -2.17. The fourth-order valence-corrected chi connectivity index (χ4v) is 7.22. The molecule has 7 heteroatoms. The summed E-state index contributed by atoms with van der Waals surface area (Å²) in [6, 6.07) is 14.9. The summed E-state index contributed by atoms with van der Waals surface area (Å²) in [5.41, 5.74) is 7.76. The van der Waals surface area contributed by atoms with Gasteiger partial charge in [0.05, 0.1) is 0 Å². The summed E-state index contributed by atoms with van der Waals surface area (Å²) in [6.45, 7) is 7.27. The van der Waals surface area contributed by atoms with Gasteiger partial charge >= 0.3 is 0 Å². The van der Waals surface area contributed by atoms with Gasteiger partial charge in [0.1, 0.15) is 0 Å². The Bertz CT molecular complexity index is 1660. The van der Waals surface area contributed by atoms with Crippen molar-refractivity contribution in [1.82, 2.24) is 0 Å². The third kappa shape index (κ3) is 5.88. The Balaban J connectivity index is 1.79. The summed E-state index contributed by atoms with van der Waals surface area (Å²) < 4.78 is 0. The molecule has 41 heavy (non-hydrogen) atoms. The normalized spacial score (nSPS) is 15.4. The summed E-state index contributed by atoms with van der Waals surface area (Å²) in [5.74, 6) is 0.0328. The Kier molecular flexibility index (Phi) is 8.48. The largest absolute Gasteiger partial charge is 0.289 e. The number of carbonyl (C=O) groups is 2. The van der Waals surface area contributed by atoms with Crippen LogP contribution in [0.15, 0.2) is 106 Å². The minimum atomic E-state index is 0.0164. The number of Topliss-reactive ketones (excluding diaryl/α,β-unsaturated/α-hetero) is 2. The van der Waals surface area contributed by atoms with Crippen molar-refractivity contribution in [1.29, 1.82) is 0 Å². The van der Waals surface area contributed by atoms with Crippen molar-refractivity contribution in [2.75, 3.05) is 0 Å². The van der Waals surface area contributed by atoms with Gasteiger partial charge in [-0.1, -0.05) is 58.5 Å². The maximum absolute atomic E-state index is 12.6. The minimum Gasteiger partial charge on any atom is -0.289 e. The number of hydrogen-bond donors (Lipinski definition) is 0. The Morgan fingerprint density at radius 2 is 0.878 bits per heavy atom. The first-order valence-electron chi connectivity index (χ1n) is 12.8. The molecule has 0 saturated carbocycles. The zero-order valence-corrected chi connectivity index (χ0v) is 26.5. The molecule has 2 aliphatic rings. The van der Waals surface area contributed by atoms with E-state index < -0.39 is 0 Å². The predicted molar refractivity (Wildman–Crippen MR) is 174 cm³/mol. The second-order valence-corrected chi connectivity index (χ2v) is 12.8. The lowest BCUT2D eigenvalue weighted by molar-refractivity contribution is -0.113. The van der Waals surface area contributed by atoms with Gasteiger partial charge in [-0.05, 0) is 122 Å². The fraction of sp³-hybridized carbons (Fsp3) is 0.118. The van der Waals surface area contributed by atoms with Crippen LogP contribution in [0, 0.1) is 0 Å². The van der Waals surface area contributed by atoms with Crippen molar-refractivity contribution >= 4 is 80.5 Å². The Morgan fingerprint density at radius 1 is 0.537 bits per heavy atom. The monoisotopic (exact) mass is 636 g/mol. The summed E-state index contributed by atoms with van der Waals surface area (Å²) in [4.78, 5) is 27.0. The first kappa shape index (κ1) is 29.6. The van der Waals surface area contributed by atoms with Gasteiger partial charge in [-0.15, -0.1) is 11.3 Å². The van der Waals surface area contributed by atoms with Crippen molar-refractivity contribution in [2.45, 2.75) is 27.7 Å². The van der Waals surface area contributed by atoms with Crippen LogP contribution in [-0.4, -0.2) is 11.6 Å². The molecule has 0 N–H and O–H groups in total. The lowest BCUT2D eigenvalue weighted by atomic mass is 9.89. The van der Waals surface area contributed by atoms with Crippen molar-refractivity contribution < 1.29 is 9.59 Å². The van der Waals surface area contributed by atoms with Gasteiger partial charge in [0.25, 0.3) is 0 Å². The van der Waals surface area contributed by atoms with Crippen molar-refractivity contribution in [3.63, 3.8) is 0 Å². The highest BCUT2D eigenvalue weighted by atomic mass is 35.5. The number of carbonyl (C=O) groups excluding carboxylic acids is 2. The fourth-order valence-electron chi connectivity index (χ4n) is 5.04. The Hall–Kier alpha value is -2.92. The van der Waals surface area contributed by atoms with Gasteiger partial charge in [-0.2, -0.15) is 0 Å². The number of ketones is 2. The third-order valence-electron chi connectivity index (χ3n) is 7.00. The van der Waals surface area contributed by atoms with E-state index in [9.17, 15) is 9.59 Å². The van der Waals surface area contributed by atoms with Gasteiger partial charge < -0.3 is 0 Å².